The van der Waals surface area contributed by atoms with Crippen LogP contribution in [0.2, 0.25) is 0 Å². The Morgan fingerprint density at radius 1 is 1.11 bits per heavy atom. The molecular weight excluding hydrogens is 351 g/mol. The fourth-order valence-electron chi connectivity index (χ4n) is 4.17. The van der Waals surface area contributed by atoms with E-state index in [9.17, 15) is 9.18 Å². The first-order chi connectivity index (χ1) is 13.2. The van der Waals surface area contributed by atoms with E-state index in [-0.39, 0.29) is 5.82 Å². The Morgan fingerprint density at radius 2 is 1.82 bits per heavy atom. The molecule has 0 heterocycles. The highest BCUT2D eigenvalue weighted by atomic mass is 19.1. The number of carbonyl (C=O) groups excluding carboxylic acids is 1. The Balaban J connectivity index is 1.61. The van der Waals surface area contributed by atoms with Crippen molar-refractivity contribution in [3.05, 3.63) is 59.4 Å². The van der Waals surface area contributed by atoms with E-state index in [4.69, 9.17) is 5.73 Å². The van der Waals surface area contributed by atoms with Gasteiger partial charge in [-0.1, -0.05) is 45.0 Å². The fourth-order valence-corrected chi connectivity index (χ4v) is 4.17. The molecule has 0 radical (unpaired) electrons. The first-order valence-corrected chi connectivity index (χ1v) is 10.2. The van der Waals surface area contributed by atoms with E-state index in [0.717, 1.165) is 11.5 Å². The molecule has 0 atom stereocenters. The van der Waals surface area contributed by atoms with Gasteiger partial charge in [-0.05, 0) is 66.3 Å². The van der Waals surface area contributed by atoms with Gasteiger partial charge in [0.1, 0.15) is 5.82 Å². The van der Waals surface area contributed by atoms with Gasteiger partial charge >= 0.3 is 0 Å². The predicted octanol–water partition coefficient (Wildman–Crippen LogP) is 5.29. The van der Waals surface area contributed by atoms with E-state index in [1.807, 2.05) is 6.07 Å². The van der Waals surface area contributed by atoms with Crippen molar-refractivity contribution < 1.29 is 9.18 Å². The third kappa shape index (κ3) is 4.99. The van der Waals surface area contributed by atoms with Crippen LogP contribution in [0, 0.1) is 17.2 Å². The van der Waals surface area contributed by atoms with Gasteiger partial charge < -0.3 is 11.1 Å². The molecule has 28 heavy (non-hydrogen) atoms. The topological polar surface area (TPSA) is 55.1 Å². The summed E-state index contributed by atoms with van der Waals surface area (Å²) < 4.78 is 14.7. The largest absolute Gasteiger partial charge is 0.366 e. The summed E-state index contributed by atoms with van der Waals surface area (Å²) >= 11 is 0. The molecule has 3 nitrogen and oxygen atoms in total. The Kier molecular flexibility index (Phi) is 6.19. The summed E-state index contributed by atoms with van der Waals surface area (Å²) in [6.45, 7) is 7.65. The van der Waals surface area contributed by atoms with Crippen molar-refractivity contribution in [3.63, 3.8) is 0 Å². The van der Waals surface area contributed by atoms with Crippen molar-refractivity contribution in [2.45, 2.75) is 59.0 Å². The molecule has 1 saturated carbocycles. The summed E-state index contributed by atoms with van der Waals surface area (Å²) in [5.74, 6) is 0.0000600. The fraction of sp³-hybridized carbons (Fsp3) is 0.458. The minimum absolute atomic E-state index is 0.280. The first kappa shape index (κ1) is 20.5. The van der Waals surface area contributed by atoms with Crippen molar-refractivity contribution >= 4 is 5.91 Å². The molecule has 4 heteroatoms. The Bertz CT molecular complexity index is 833. The predicted molar refractivity (Wildman–Crippen MR) is 112 cm³/mol. The van der Waals surface area contributed by atoms with Crippen LogP contribution in [0.4, 0.5) is 4.39 Å². The molecule has 0 aromatic heterocycles. The molecule has 1 amide bonds. The molecule has 0 unspecified atom stereocenters. The third-order valence-corrected chi connectivity index (χ3v) is 6.04. The monoisotopic (exact) mass is 382 g/mol. The molecule has 2 aromatic carbocycles. The SMILES string of the molecule is CC(C)(C)C1CCC(NCc2ccc(-c3cccc(C(N)=O)c3)c(F)c2)CC1. The maximum Gasteiger partial charge on any atom is 0.248 e. The lowest BCUT2D eigenvalue weighted by molar-refractivity contribution is 0.100. The molecule has 0 spiro atoms. The third-order valence-electron chi connectivity index (χ3n) is 6.04. The molecule has 3 N–H and O–H groups in total. The molecule has 0 aliphatic heterocycles. The number of amides is 1. The quantitative estimate of drug-likeness (QED) is 0.738. The molecule has 1 aliphatic rings. The van der Waals surface area contributed by atoms with E-state index < -0.39 is 5.91 Å². The number of benzene rings is 2. The number of carbonyl (C=O) groups is 1. The van der Waals surface area contributed by atoms with E-state index in [2.05, 4.69) is 26.1 Å². The van der Waals surface area contributed by atoms with Gasteiger partial charge in [0.15, 0.2) is 0 Å². The minimum atomic E-state index is -0.510. The number of hydrogen-bond acceptors (Lipinski definition) is 2. The molecular formula is C24H31FN2O. The molecule has 1 aliphatic carbocycles. The molecule has 0 bridgehead atoms. The zero-order chi connectivity index (χ0) is 20.3. The molecule has 1 fully saturated rings. The normalized spacial score (nSPS) is 20.1. The lowest BCUT2D eigenvalue weighted by atomic mass is 9.71. The van der Waals surface area contributed by atoms with E-state index in [0.29, 0.717) is 34.7 Å². The Hall–Kier alpha value is -2.20. The number of rotatable bonds is 5. The summed E-state index contributed by atoms with van der Waals surface area (Å²) in [4.78, 5) is 11.4. The summed E-state index contributed by atoms with van der Waals surface area (Å²) in [5, 5.41) is 3.59. The smallest absolute Gasteiger partial charge is 0.248 e. The summed E-state index contributed by atoms with van der Waals surface area (Å²) in [7, 11) is 0. The average Bonchev–Trinajstić information content (AvgIpc) is 2.66. The second-order valence-electron chi connectivity index (χ2n) is 9.05. The van der Waals surface area contributed by atoms with Crippen molar-refractivity contribution in [2.24, 2.45) is 17.1 Å². The number of halogens is 1. The average molecular weight is 383 g/mol. The van der Waals surface area contributed by atoms with Gasteiger partial charge in [-0.2, -0.15) is 0 Å². The van der Waals surface area contributed by atoms with Gasteiger partial charge in [-0.3, -0.25) is 4.79 Å². The van der Waals surface area contributed by atoms with Crippen LogP contribution in [0.5, 0.6) is 0 Å². The van der Waals surface area contributed by atoms with Crippen LogP contribution in [0.1, 0.15) is 62.4 Å². The summed E-state index contributed by atoms with van der Waals surface area (Å²) in [6.07, 6.45) is 4.88. The van der Waals surface area contributed by atoms with Crippen molar-refractivity contribution in [3.8, 4) is 11.1 Å². The zero-order valence-corrected chi connectivity index (χ0v) is 17.1. The maximum atomic E-state index is 14.7. The van der Waals surface area contributed by atoms with Gasteiger partial charge in [0.2, 0.25) is 5.91 Å². The van der Waals surface area contributed by atoms with Crippen LogP contribution >= 0.6 is 0 Å². The number of nitrogens with one attached hydrogen (secondary N) is 1. The second-order valence-corrected chi connectivity index (χ2v) is 9.05. The number of nitrogens with two attached hydrogens (primary N) is 1. The number of primary amides is 1. The van der Waals surface area contributed by atoms with Gasteiger partial charge in [-0.15, -0.1) is 0 Å². The van der Waals surface area contributed by atoms with Crippen LogP contribution in [0.3, 0.4) is 0 Å². The van der Waals surface area contributed by atoms with E-state index in [1.54, 1.807) is 36.4 Å². The highest BCUT2D eigenvalue weighted by molar-refractivity contribution is 5.94. The van der Waals surface area contributed by atoms with Gasteiger partial charge in [0.05, 0.1) is 0 Å². The summed E-state index contributed by atoms with van der Waals surface area (Å²) in [6, 6.07) is 12.6. The highest BCUT2D eigenvalue weighted by Gasteiger charge is 2.29. The molecule has 3 rings (SSSR count). The van der Waals surface area contributed by atoms with Crippen LogP contribution in [-0.4, -0.2) is 11.9 Å². The van der Waals surface area contributed by atoms with Gasteiger partial charge in [0.25, 0.3) is 0 Å². The highest BCUT2D eigenvalue weighted by Crippen LogP contribution is 2.37. The van der Waals surface area contributed by atoms with Crippen LogP contribution < -0.4 is 11.1 Å². The molecule has 2 aromatic rings. The number of hydrogen-bond donors (Lipinski definition) is 2. The first-order valence-electron chi connectivity index (χ1n) is 10.2. The molecule has 0 saturated heterocycles. The van der Waals surface area contributed by atoms with Crippen LogP contribution in [0.25, 0.3) is 11.1 Å². The summed E-state index contributed by atoms with van der Waals surface area (Å²) in [5.41, 5.74) is 8.17. The second kappa shape index (κ2) is 8.44. The minimum Gasteiger partial charge on any atom is -0.366 e. The zero-order valence-electron chi connectivity index (χ0n) is 17.1. The molecule has 150 valence electrons. The van der Waals surface area contributed by atoms with Crippen molar-refractivity contribution in [1.29, 1.82) is 0 Å². The van der Waals surface area contributed by atoms with Gasteiger partial charge in [-0.25, -0.2) is 4.39 Å². The van der Waals surface area contributed by atoms with E-state index in [1.165, 1.54) is 25.7 Å². The standard InChI is InChI=1S/C24H31FN2O/c1-24(2,3)19-8-10-20(11-9-19)27-15-16-7-12-21(22(25)13-16)17-5-4-6-18(14-17)23(26)28/h4-7,12-14,19-20,27H,8-11,15H2,1-3H3,(H2,26,28). The van der Waals surface area contributed by atoms with Crippen molar-refractivity contribution in [2.75, 3.05) is 0 Å². The lowest BCUT2D eigenvalue weighted by Gasteiger charge is -2.37. The maximum absolute atomic E-state index is 14.7. The van der Waals surface area contributed by atoms with Crippen LogP contribution in [0.15, 0.2) is 42.5 Å². The lowest BCUT2D eigenvalue weighted by Crippen LogP contribution is -2.35. The Morgan fingerprint density at radius 3 is 2.43 bits per heavy atom. The van der Waals surface area contributed by atoms with E-state index >= 15 is 0 Å². The van der Waals surface area contributed by atoms with Crippen molar-refractivity contribution in [1.82, 2.24) is 5.32 Å². The van der Waals surface area contributed by atoms with Gasteiger partial charge in [0, 0.05) is 23.7 Å². The Labute approximate surface area is 167 Å². The van der Waals surface area contributed by atoms with Crippen LogP contribution in [-0.2, 0) is 6.54 Å².